The van der Waals surface area contributed by atoms with Gasteiger partial charge < -0.3 is 14.8 Å². The molecule has 0 aromatic heterocycles. The largest absolute Gasteiger partial charge is 0.497 e. The first-order chi connectivity index (χ1) is 9.71. The van der Waals surface area contributed by atoms with Gasteiger partial charge >= 0.3 is 0 Å². The summed E-state index contributed by atoms with van der Waals surface area (Å²) in [6.07, 6.45) is 2.33. The van der Waals surface area contributed by atoms with Crippen LogP contribution in [0.25, 0.3) is 0 Å². The molecule has 1 N–H and O–H groups in total. The van der Waals surface area contributed by atoms with Crippen LogP contribution in [0.3, 0.4) is 0 Å². The Labute approximate surface area is 123 Å². The van der Waals surface area contributed by atoms with Crippen LogP contribution in [-0.4, -0.2) is 33.9 Å². The molecule has 3 nitrogen and oxygen atoms in total. The van der Waals surface area contributed by atoms with Crippen LogP contribution in [-0.2, 0) is 11.2 Å². The highest BCUT2D eigenvalue weighted by molar-refractivity contribution is 5.27. The zero-order valence-electron chi connectivity index (χ0n) is 13.3. The molecule has 2 atom stereocenters. The van der Waals surface area contributed by atoms with Crippen LogP contribution in [0, 0.1) is 11.8 Å². The maximum atomic E-state index is 5.21. The minimum Gasteiger partial charge on any atom is -0.497 e. The fourth-order valence-corrected chi connectivity index (χ4v) is 2.33. The summed E-state index contributed by atoms with van der Waals surface area (Å²) >= 11 is 0. The van der Waals surface area contributed by atoms with Gasteiger partial charge in [0.25, 0.3) is 0 Å². The van der Waals surface area contributed by atoms with Gasteiger partial charge in [-0.05, 0) is 42.5 Å². The molecular formula is C17H29NO2. The summed E-state index contributed by atoms with van der Waals surface area (Å²) in [4.78, 5) is 0. The zero-order valence-corrected chi connectivity index (χ0v) is 13.3. The van der Waals surface area contributed by atoms with Crippen molar-refractivity contribution in [2.45, 2.75) is 26.7 Å². The lowest BCUT2D eigenvalue weighted by molar-refractivity contribution is 0.195. The third-order valence-corrected chi connectivity index (χ3v) is 4.00. The van der Waals surface area contributed by atoms with Gasteiger partial charge in [-0.3, -0.25) is 0 Å². The Bertz CT molecular complexity index is 351. The number of hydrogen-bond donors (Lipinski definition) is 1. The maximum absolute atomic E-state index is 5.21. The van der Waals surface area contributed by atoms with Crippen LogP contribution >= 0.6 is 0 Å². The summed E-state index contributed by atoms with van der Waals surface area (Å²) in [6, 6.07) is 8.43. The monoisotopic (exact) mass is 279 g/mol. The van der Waals surface area contributed by atoms with Gasteiger partial charge in [-0.1, -0.05) is 32.4 Å². The lowest BCUT2D eigenvalue weighted by atomic mass is 9.86. The number of hydrogen-bond acceptors (Lipinski definition) is 3. The number of methoxy groups -OCH3 is 2. The number of rotatable bonds is 10. The van der Waals surface area contributed by atoms with E-state index in [2.05, 4.69) is 31.3 Å². The van der Waals surface area contributed by atoms with Crippen LogP contribution < -0.4 is 10.1 Å². The summed E-state index contributed by atoms with van der Waals surface area (Å²) in [7, 11) is 3.45. The molecule has 0 aliphatic carbocycles. The van der Waals surface area contributed by atoms with E-state index in [1.54, 1.807) is 14.2 Å². The first-order valence-corrected chi connectivity index (χ1v) is 7.53. The highest BCUT2D eigenvalue weighted by atomic mass is 16.5. The SMILES string of the molecule is CCC(C)C(CNCCOC)Cc1ccc(OC)cc1. The second-order valence-electron chi connectivity index (χ2n) is 5.39. The Kier molecular flexibility index (Phi) is 8.31. The van der Waals surface area contributed by atoms with E-state index in [0.717, 1.165) is 31.9 Å². The van der Waals surface area contributed by atoms with Gasteiger partial charge in [0.2, 0.25) is 0 Å². The van der Waals surface area contributed by atoms with E-state index in [1.807, 2.05) is 12.1 Å². The van der Waals surface area contributed by atoms with Crippen LogP contribution in [0.2, 0.25) is 0 Å². The predicted molar refractivity (Wildman–Crippen MR) is 84.4 cm³/mol. The molecule has 0 saturated heterocycles. The summed E-state index contributed by atoms with van der Waals surface area (Å²) in [5.41, 5.74) is 1.38. The van der Waals surface area contributed by atoms with Crippen molar-refractivity contribution in [1.29, 1.82) is 0 Å². The van der Waals surface area contributed by atoms with E-state index in [9.17, 15) is 0 Å². The Hall–Kier alpha value is -1.06. The predicted octanol–water partition coefficient (Wildman–Crippen LogP) is 3.14. The van der Waals surface area contributed by atoms with Crippen molar-refractivity contribution in [3.8, 4) is 5.75 Å². The van der Waals surface area contributed by atoms with Gasteiger partial charge in [0, 0.05) is 13.7 Å². The molecule has 20 heavy (non-hydrogen) atoms. The smallest absolute Gasteiger partial charge is 0.118 e. The summed E-state index contributed by atoms with van der Waals surface area (Å²) < 4.78 is 10.3. The molecule has 0 aliphatic heterocycles. The molecule has 114 valence electrons. The van der Waals surface area contributed by atoms with Crippen molar-refractivity contribution in [3.05, 3.63) is 29.8 Å². The number of ether oxygens (including phenoxy) is 2. The number of nitrogens with one attached hydrogen (secondary N) is 1. The van der Waals surface area contributed by atoms with Crippen molar-refractivity contribution < 1.29 is 9.47 Å². The Morgan fingerprint density at radius 3 is 2.40 bits per heavy atom. The molecule has 2 unspecified atom stereocenters. The highest BCUT2D eigenvalue weighted by Gasteiger charge is 2.16. The van der Waals surface area contributed by atoms with Crippen LogP contribution in [0.5, 0.6) is 5.75 Å². The molecule has 0 amide bonds. The first kappa shape index (κ1) is 17.0. The van der Waals surface area contributed by atoms with Crippen molar-refractivity contribution in [2.75, 3.05) is 33.9 Å². The quantitative estimate of drug-likeness (QED) is 0.667. The Balaban J connectivity index is 2.53. The van der Waals surface area contributed by atoms with Gasteiger partial charge in [-0.25, -0.2) is 0 Å². The summed E-state index contributed by atoms with van der Waals surface area (Å²) in [6.45, 7) is 7.35. The maximum Gasteiger partial charge on any atom is 0.118 e. The van der Waals surface area contributed by atoms with E-state index in [0.29, 0.717) is 11.8 Å². The second kappa shape index (κ2) is 9.78. The minimum atomic E-state index is 0.658. The second-order valence-corrected chi connectivity index (χ2v) is 5.39. The van der Waals surface area contributed by atoms with E-state index < -0.39 is 0 Å². The van der Waals surface area contributed by atoms with Crippen molar-refractivity contribution in [2.24, 2.45) is 11.8 Å². The molecule has 3 heteroatoms. The molecule has 1 aromatic carbocycles. The summed E-state index contributed by atoms with van der Waals surface area (Å²) in [5, 5.41) is 3.49. The third kappa shape index (κ3) is 5.93. The van der Waals surface area contributed by atoms with Gasteiger partial charge in [0.1, 0.15) is 5.75 Å². The summed E-state index contributed by atoms with van der Waals surface area (Å²) in [5.74, 6) is 2.30. The zero-order chi connectivity index (χ0) is 14.8. The van der Waals surface area contributed by atoms with E-state index in [4.69, 9.17) is 9.47 Å². The van der Waals surface area contributed by atoms with Gasteiger partial charge in [-0.15, -0.1) is 0 Å². The van der Waals surface area contributed by atoms with Crippen LogP contribution in [0.15, 0.2) is 24.3 Å². The van der Waals surface area contributed by atoms with E-state index in [-0.39, 0.29) is 0 Å². The van der Waals surface area contributed by atoms with Crippen molar-refractivity contribution in [1.82, 2.24) is 5.32 Å². The molecule has 1 rings (SSSR count). The molecule has 0 saturated carbocycles. The van der Waals surface area contributed by atoms with E-state index >= 15 is 0 Å². The molecule has 1 aromatic rings. The standard InChI is InChI=1S/C17H29NO2/c1-5-14(2)16(13-18-10-11-19-3)12-15-6-8-17(20-4)9-7-15/h6-9,14,16,18H,5,10-13H2,1-4H3. The van der Waals surface area contributed by atoms with Gasteiger partial charge in [0.15, 0.2) is 0 Å². The van der Waals surface area contributed by atoms with Crippen LogP contribution in [0.4, 0.5) is 0 Å². The third-order valence-electron chi connectivity index (χ3n) is 4.00. The van der Waals surface area contributed by atoms with Gasteiger partial charge in [-0.2, -0.15) is 0 Å². The highest BCUT2D eigenvalue weighted by Crippen LogP contribution is 2.21. The lowest BCUT2D eigenvalue weighted by Crippen LogP contribution is -2.30. The van der Waals surface area contributed by atoms with Crippen molar-refractivity contribution >= 4 is 0 Å². The average molecular weight is 279 g/mol. The Morgan fingerprint density at radius 1 is 1.15 bits per heavy atom. The van der Waals surface area contributed by atoms with Gasteiger partial charge in [0.05, 0.1) is 13.7 Å². The van der Waals surface area contributed by atoms with E-state index in [1.165, 1.54) is 12.0 Å². The molecule has 0 bridgehead atoms. The molecular weight excluding hydrogens is 250 g/mol. The van der Waals surface area contributed by atoms with Crippen LogP contribution in [0.1, 0.15) is 25.8 Å². The molecule has 0 aliphatic rings. The minimum absolute atomic E-state index is 0.658. The average Bonchev–Trinajstić information content (AvgIpc) is 2.50. The Morgan fingerprint density at radius 2 is 1.85 bits per heavy atom. The lowest BCUT2D eigenvalue weighted by Gasteiger charge is -2.23. The molecule has 0 heterocycles. The first-order valence-electron chi connectivity index (χ1n) is 7.53. The topological polar surface area (TPSA) is 30.5 Å². The molecule has 0 spiro atoms. The normalized spacial score (nSPS) is 14.0. The number of benzene rings is 1. The van der Waals surface area contributed by atoms with Crippen molar-refractivity contribution in [3.63, 3.8) is 0 Å². The molecule has 0 fully saturated rings. The fourth-order valence-electron chi connectivity index (χ4n) is 2.33. The molecule has 0 radical (unpaired) electrons. The fraction of sp³-hybridized carbons (Fsp3) is 0.647.